The Morgan fingerprint density at radius 3 is 2.11 bits per heavy atom. The molecule has 0 atom stereocenters. The standard InChI is InChI=1S/C15H24N4/c1-11-10-16-15(19(3)13-8-5-9-13)17-14(11)18(2)12-6-4-7-12/h10,12-13H,4-9H2,1-3H3. The third kappa shape index (κ3) is 2.28. The van der Waals surface area contributed by atoms with Gasteiger partial charge in [0.05, 0.1) is 0 Å². The predicted molar refractivity (Wildman–Crippen MR) is 78.9 cm³/mol. The maximum Gasteiger partial charge on any atom is 0.227 e. The molecule has 0 aliphatic heterocycles. The first-order valence-electron chi connectivity index (χ1n) is 7.46. The van der Waals surface area contributed by atoms with Crippen LogP contribution in [0.3, 0.4) is 0 Å². The molecule has 0 N–H and O–H groups in total. The van der Waals surface area contributed by atoms with Gasteiger partial charge in [-0.15, -0.1) is 0 Å². The van der Waals surface area contributed by atoms with Crippen LogP contribution >= 0.6 is 0 Å². The molecule has 2 fully saturated rings. The lowest BCUT2D eigenvalue weighted by Crippen LogP contribution is -2.40. The molecule has 2 saturated carbocycles. The quantitative estimate of drug-likeness (QED) is 0.833. The topological polar surface area (TPSA) is 32.3 Å². The van der Waals surface area contributed by atoms with E-state index in [2.05, 4.69) is 35.8 Å². The third-order valence-electron chi connectivity index (χ3n) is 4.83. The molecule has 104 valence electrons. The molecule has 0 bridgehead atoms. The van der Waals surface area contributed by atoms with Gasteiger partial charge in [0.2, 0.25) is 5.95 Å². The number of anilines is 2. The third-order valence-corrected chi connectivity index (χ3v) is 4.83. The molecule has 4 nitrogen and oxygen atoms in total. The molecule has 0 saturated heterocycles. The van der Waals surface area contributed by atoms with Crippen molar-refractivity contribution in [1.29, 1.82) is 0 Å². The van der Waals surface area contributed by atoms with Gasteiger partial charge >= 0.3 is 0 Å². The van der Waals surface area contributed by atoms with Crippen molar-refractivity contribution in [3.8, 4) is 0 Å². The molecule has 19 heavy (non-hydrogen) atoms. The second-order valence-corrected chi connectivity index (χ2v) is 6.07. The van der Waals surface area contributed by atoms with Crippen molar-refractivity contribution < 1.29 is 0 Å². The number of nitrogens with zero attached hydrogens (tertiary/aromatic N) is 4. The highest BCUT2D eigenvalue weighted by Crippen LogP contribution is 2.31. The van der Waals surface area contributed by atoms with E-state index in [1.54, 1.807) is 0 Å². The Labute approximate surface area is 115 Å². The van der Waals surface area contributed by atoms with Crippen LogP contribution in [0.25, 0.3) is 0 Å². The van der Waals surface area contributed by atoms with Crippen molar-refractivity contribution in [3.63, 3.8) is 0 Å². The van der Waals surface area contributed by atoms with Gasteiger partial charge in [-0.1, -0.05) is 0 Å². The maximum absolute atomic E-state index is 4.82. The summed E-state index contributed by atoms with van der Waals surface area (Å²) in [4.78, 5) is 13.9. The zero-order valence-corrected chi connectivity index (χ0v) is 12.3. The average molecular weight is 260 g/mol. The second-order valence-electron chi connectivity index (χ2n) is 6.07. The van der Waals surface area contributed by atoms with E-state index in [0.29, 0.717) is 12.1 Å². The summed E-state index contributed by atoms with van der Waals surface area (Å²) in [5.74, 6) is 2.00. The van der Waals surface area contributed by atoms with Crippen molar-refractivity contribution >= 4 is 11.8 Å². The molecule has 1 aromatic rings. The van der Waals surface area contributed by atoms with Crippen LogP contribution in [-0.2, 0) is 0 Å². The number of hydrogen-bond acceptors (Lipinski definition) is 4. The zero-order chi connectivity index (χ0) is 13.4. The smallest absolute Gasteiger partial charge is 0.227 e. The molecule has 0 radical (unpaired) electrons. The number of hydrogen-bond donors (Lipinski definition) is 0. The second kappa shape index (κ2) is 4.99. The van der Waals surface area contributed by atoms with Gasteiger partial charge in [-0.05, 0) is 45.4 Å². The van der Waals surface area contributed by atoms with Crippen molar-refractivity contribution in [2.24, 2.45) is 0 Å². The minimum atomic E-state index is 0.643. The number of aryl methyl sites for hydroxylation is 1. The summed E-state index contributed by atoms with van der Waals surface area (Å²) < 4.78 is 0. The number of rotatable bonds is 4. The van der Waals surface area contributed by atoms with Crippen LogP contribution in [0.2, 0.25) is 0 Å². The summed E-state index contributed by atoms with van der Waals surface area (Å²) >= 11 is 0. The Kier molecular flexibility index (Phi) is 3.33. The van der Waals surface area contributed by atoms with E-state index in [1.165, 1.54) is 44.1 Å². The first-order chi connectivity index (χ1) is 9.16. The van der Waals surface area contributed by atoms with Gasteiger partial charge in [-0.25, -0.2) is 4.98 Å². The van der Waals surface area contributed by atoms with Crippen molar-refractivity contribution in [2.45, 2.75) is 57.5 Å². The Hall–Kier alpha value is -1.32. The number of aromatic nitrogens is 2. The fraction of sp³-hybridized carbons (Fsp3) is 0.733. The Bertz CT molecular complexity index is 451. The summed E-state index contributed by atoms with van der Waals surface area (Å²) in [5.41, 5.74) is 1.18. The van der Waals surface area contributed by atoms with Crippen molar-refractivity contribution in [2.75, 3.05) is 23.9 Å². The Morgan fingerprint density at radius 1 is 1.00 bits per heavy atom. The molecule has 1 aromatic heterocycles. The lowest BCUT2D eigenvalue weighted by atomic mass is 9.91. The molecule has 2 aliphatic carbocycles. The SMILES string of the molecule is Cc1cnc(N(C)C2CCC2)nc1N(C)C1CCC1. The predicted octanol–water partition coefficient (Wildman–Crippen LogP) is 2.76. The van der Waals surface area contributed by atoms with Crippen LogP contribution in [0.5, 0.6) is 0 Å². The summed E-state index contributed by atoms with van der Waals surface area (Å²) in [6, 6.07) is 1.32. The highest BCUT2D eigenvalue weighted by atomic mass is 15.3. The van der Waals surface area contributed by atoms with Gasteiger partial charge in [0.1, 0.15) is 5.82 Å². The molecule has 0 aromatic carbocycles. The summed E-state index contributed by atoms with van der Waals surface area (Å²) in [5, 5.41) is 0. The largest absolute Gasteiger partial charge is 0.356 e. The van der Waals surface area contributed by atoms with Crippen LogP contribution in [0.15, 0.2) is 6.20 Å². The van der Waals surface area contributed by atoms with E-state index in [1.807, 2.05) is 6.20 Å². The van der Waals surface area contributed by atoms with Crippen LogP contribution in [0.1, 0.15) is 44.1 Å². The average Bonchev–Trinajstić information content (AvgIpc) is 2.24. The lowest BCUT2D eigenvalue weighted by Gasteiger charge is -2.38. The normalized spacial score (nSPS) is 19.7. The lowest BCUT2D eigenvalue weighted by molar-refractivity contribution is 0.393. The molecule has 4 heteroatoms. The van der Waals surface area contributed by atoms with Crippen molar-refractivity contribution in [3.05, 3.63) is 11.8 Å². The van der Waals surface area contributed by atoms with Gasteiger partial charge < -0.3 is 9.80 Å². The van der Waals surface area contributed by atoms with E-state index in [4.69, 9.17) is 4.98 Å². The minimum Gasteiger partial charge on any atom is -0.356 e. The summed E-state index contributed by atoms with van der Waals surface area (Å²) in [7, 11) is 4.30. The first kappa shape index (κ1) is 12.7. The molecule has 1 heterocycles. The molecule has 2 aliphatic rings. The van der Waals surface area contributed by atoms with Gasteiger partial charge in [0.25, 0.3) is 0 Å². The Morgan fingerprint density at radius 2 is 1.58 bits per heavy atom. The molecule has 0 unspecified atom stereocenters. The molecule has 0 amide bonds. The fourth-order valence-corrected chi connectivity index (χ4v) is 2.84. The maximum atomic E-state index is 4.82. The first-order valence-corrected chi connectivity index (χ1v) is 7.46. The highest BCUT2D eigenvalue weighted by Gasteiger charge is 2.27. The minimum absolute atomic E-state index is 0.643. The molecule has 3 rings (SSSR count). The van der Waals surface area contributed by atoms with Crippen LogP contribution < -0.4 is 9.80 Å². The van der Waals surface area contributed by atoms with Gasteiger partial charge in [0.15, 0.2) is 0 Å². The highest BCUT2D eigenvalue weighted by molar-refractivity contribution is 5.50. The monoisotopic (exact) mass is 260 g/mol. The van der Waals surface area contributed by atoms with E-state index in [-0.39, 0.29) is 0 Å². The van der Waals surface area contributed by atoms with Crippen molar-refractivity contribution in [1.82, 2.24) is 9.97 Å². The van der Waals surface area contributed by atoms with E-state index in [0.717, 1.165) is 11.8 Å². The van der Waals surface area contributed by atoms with Gasteiger partial charge in [-0.2, -0.15) is 4.98 Å². The van der Waals surface area contributed by atoms with Gasteiger partial charge in [-0.3, -0.25) is 0 Å². The van der Waals surface area contributed by atoms with Crippen LogP contribution in [0, 0.1) is 6.92 Å². The zero-order valence-electron chi connectivity index (χ0n) is 12.3. The molecular formula is C15H24N4. The van der Waals surface area contributed by atoms with E-state index < -0.39 is 0 Å². The van der Waals surface area contributed by atoms with E-state index >= 15 is 0 Å². The fourth-order valence-electron chi connectivity index (χ4n) is 2.84. The summed E-state index contributed by atoms with van der Waals surface area (Å²) in [6.07, 6.45) is 9.83. The van der Waals surface area contributed by atoms with Crippen LogP contribution in [-0.4, -0.2) is 36.1 Å². The van der Waals surface area contributed by atoms with Crippen LogP contribution in [0.4, 0.5) is 11.8 Å². The Balaban J connectivity index is 1.82. The summed E-state index contributed by atoms with van der Waals surface area (Å²) in [6.45, 7) is 2.11. The molecule has 0 spiro atoms. The van der Waals surface area contributed by atoms with E-state index in [9.17, 15) is 0 Å². The molecular weight excluding hydrogens is 236 g/mol. The van der Waals surface area contributed by atoms with Gasteiger partial charge in [0, 0.05) is 37.9 Å².